The normalized spacial score (nSPS) is 38.5. The molecule has 0 spiro atoms. The van der Waals surface area contributed by atoms with Gasteiger partial charge in [0.15, 0.2) is 9.84 Å². The predicted octanol–water partition coefficient (Wildman–Crippen LogP) is 3.68. The summed E-state index contributed by atoms with van der Waals surface area (Å²) >= 11 is 0. The second-order valence-corrected chi connectivity index (χ2v) is 10.1. The third kappa shape index (κ3) is 3.69. The highest BCUT2D eigenvalue weighted by atomic mass is 32.2. The maximum absolute atomic E-state index is 12.6. The molecule has 3 aliphatic rings. The van der Waals surface area contributed by atoms with Crippen LogP contribution in [0.3, 0.4) is 0 Å². The maximum Gasteiger partial charge on any atom is 0.150 e. The van der Waals surface area contributed by atoms with Crippen LogP contribution >= 0.6 is 0 Å². The van der Waals surface area contributed by atoms with Crippen molar-refractivity contribution in [3.63, 3.8) is 0 Å². The van der Waals surface area contributed by atoms with E-state index >= 15 is 0 Å². The van der Waals surface area contributed by atoms with Crippen molar-refractivity contribution in [2.75, 3.05) is 24.7 Å². The lowest BCUT2D eigenvalue weighted by atomic mass is 9.59. The summed E-state index contributed by atoms with van der Waals surface area (Å²) in [6.07, 6.45) is 9.46. The van der Waals surface area contributed by atoms with Crippen molar-refractivity contribution < 1.29 is 13.2 Å². The highest BCUT2D eigenvalue weighted by Crippen LogP contribution is 2.51. The van der Waals surface area contributed by atoms with E-state index in [1.807, 2.05) is 0 Å². The molecule has 0 bridgehead atoms. The van der Waals surface area contributed by atoms with Crippen LogP contribution in [0.2, 0.25) is 0 Å². The summed E-state index contributed by atoms with van der Waals surface area (Å²) in [6.45, 7) is 3.81. The first-order valence-corrected chi connectivity index (χ1v) is 11.2. The van der Waals surface area contributed by atoms with Crippen LogP contribution in [-0.4, -0.2) is 33.1 Å². The fourth-order valence-corrected chi connectivity index (χ4v) is 7.22. The summed E-state index contributed by atoms with van der Waals surface area (Å²) in [6, 6.07) is 0. The van der Waals surface area contributed by atoms with Gasteiger partial charge >= 0.3 is 0 Å². The Hall–Kier alpha value is -0.0900. The molecule has 0 aromatic carbocycles. The summed E-state index contributed by atoms with van der Waals surface area (Å²) in [5, 5.41) is 0. The molecular formula is C18H32O3S. The third-order valence-electron chi connectivity index (χ3n) is 6.43. The van der Waals surface area contributed by atoms with E-state index in [1.165, 1.54) is 32.1 Å². The topological polar surface area (TPSA) is 43.4 Å². The van der Waals surface area contributed by atoms with Crippen LogP contribution in [0.25, 0.3) is 0 Å². The zero-order chi connectivity index (χ0) is 15.6. The monoisotopic (exact) mass is 328 g/mol. The Morgan fingerprint density at radius 3 is 2.64 bits per heavy atom. The van der Waals surface area contributed by atoms with E-state index in [0.717, 1.165) is 38.4 Å². The molecule has 3 rings (SSSR count). The van der Waals surface area contributed by atoms with Gasteiger partial charge in [-0.25, -0.2) is 8.42 Å². The number of hydrogen-bond acceptors (Lipinski definition) is 3. The van der Waals surface area contributed by atoms with Crippen molar-refractivity contribution in [2.24, 2.45) is 29.6 Å². The van der Waals surface area contributed by atoms with Gasteiger partial charge in [0.05, 0.1) is 18.1 Å². The summed E-state index contributed by atoms with van der Waals surface area (Å²) in [5.41, 5.74) is 0. The van der Waals surface area contributed by atoms with Gasteiger partial charge in [-0.3, -0.25) is 0 Å². The first-order valence-electron chi connectivity index (χ1n) is 9.39. The first kappa shape index (κ1) is 16.8. The lowest BCUT2D eigenvalue weighted by Crippen LogP contribution is -2.44. The molecule has 1 saturated heterocycles. The standard InChI is InChI=1S/C18H32O3S/c1-2-3-6-9-22(19,20)13-18-16-8-5-4-7-14(16)10-15-11-21-12-17(15)18/h14-18H,2-13H2,1H3. The van der Waals surface area contributed by atoms with Crippen LogP contribution in [0.15, 0.2) is 0 Å². The van der Waals surface area contributed by atoms with Gasteiger partial charge in [-0.2, -0.15) is 0 Å². The molecule has 2 aliphatic carbocycles. The van der Waals surface area contributed by atoms with E-state index in [4.69, 9.17) is 4.74 Å². The Morgan fingerprint density at radius 1 is 1.00 bits per heavy atom. The highest BCUT2D eigenvalue weighted by molar-refractivity contribution is 7.91. The summed E-state index contributed by atoms with van der Waals surface area (Å²) < 4.78 is 30.9. The van der Waals surface area contributed by atoms with Crippen molar-refractivity contribution in [3.05, 3.63) is 0 Å². The number of fused-ring (bicyclic) bond motifs is 2. The first-order chi connectivity index (χ1) is 10.6. The molecular weight excluding hydrogens is 296 g/mol. The van der Waals surface area contributed by atoms with Gasteiger partial charge in [-0.05, 0) is 48.9 Å². The SMILES string of the molecule is CCCCCS(=O)(=O)CC1C2CCCCC2CC2COCC21. The molecule has 5 atom stereocenters. The lowest BCUT2D eigenvalue weighted by Gasteiger charge is -2.46. The average Bonchev–Trinajstić information content (AvgIpc) is 2.95. The Bertz CT molecular complexity index is 459. The van der Waals surface area contributed by atoms with Gasteiger partial charge in [0.1, 0.15) is 0 Å². The summed E-state index contributed by atoms with van der Waals surface area (Å²) in [7, 11) is -2.90. The molecule has 0 amide bonds. The quantitative estimate of drug-likeness (QED) is 0.699. The molecule has 5 unspecified atom stereocenters. The Kier molecular flexibility index (Phi) is 5.49. The van der Waals surface area contributed by atoms with Crippen LogP contribution in [0.1, 0.15) is 58.3 Å². The van der Waals surface area contributed by atoms with E-state index in [1.54, 1.807) is 0 Å². The van der Waals surface area contributed by atoms with E-state index in [-0.39, 0.29) is 0 Å². The lowest BCUT2D eigenvalue weighted by molar-refractivity contribution is 0.0444. The molecule has 22 heavy (non-hydrogen) atoms. The molecule has 3 fully saturated rings. The number of sulfone groups is 1. The minimum absolute atomic E-state index is 0.373. The maximum atomic E-state index is 12.6. The van der Waals surface area contributed by atoms with Crippen molar-refractivity contribution in [3.8, 4) is 0 Å². The molecule has 2 saturated carbocycles. The second-order valence-electron chi connectivity index (χ2n) is 7.89. The van der Waals surface area contributed by atoms with E-state index in [0.29, 0.717) is 35.2 Å². The number of ether oxygens (including phenoxy) is 1. The second kappa shape index (κ2) is 7.21. The summed E-state index contributed by atoms with van der Waals surface area (Å²) in [4.78, 5) is 0. The van der Waals surface area contributed by atoms with Crippen LogP contribution < -0.4 is 0 Å². The number of rotatable bonds is 6. The van der Waals surface area contributed by atoms with Gasteiger partial charge in [-0.15, -0.1) is 0 Å². The van der Waals surface area contributed by atoms with Gasteiger partial charge in [0.25, 0.3) is 0 Å². The predicted molar refractivity (Wildman–Crippen MR) is 89.5 cm³/mol. The highest BCUT2D eigenvalue weighted by Gasteiger charge is 2.48. The van der Waals surface area contributed by atoms with Gasteiger partial charge in [0, 0.05) is 6.61 Å². The average molecular weight is 329 g/mol. The molecule has 0 aromatic heterocycles. The van der Waals surface area contributed by atoms with Crippen molar-refractivity contribution in [1.29, 1.82) is 0 Å². The van der Waals surface area contributed by atoms with Crippen LogP contribution in [0.5, 0.6) is 0 Å². The summed E-state index contributed by atoms with van der Waals surface area (Å²) in [5.74, 6) is 3.77. The van der Waals surface area contributed by atoms with Crippen LogP contribution in [0.4, 0.5) is 0 Å². The molecule has 3 nitrogen and oxygen atoms in total. The van der Waals surface area contributed by atoms with Gasteiger partial charge < -0.3 is 4.74 Å². The molecule has 4 heteroatoms. The van der Waals surface area contributed by atoms with Crippen molar-refractivity contribution in [1.82, 2.24) is 0 Å². The van der Waals surface area contributed by atoms with E-state index < -0.39 is 9.84 Å². The molecule has 0 N–H and O–H groups in total. The zero-order valence-corrected chi connectivity index (χ0v) is 14.8. The third-order valence-corrected chi connectivity index (χ3v) is 8.23. The minimum atomic E-state index is -2.90. The van der Waals surface area contributed by atoms with Crippen LogP contribution in [0, 0.1) is 29.6 Å². The minimum Gasteiger partial charge on any atom is -0.381 e. The zero-order valence-electron chi connectivity index (χ0n) is 14.0. The molecule has 1 heterocycles. The Labute approximate surface area is 136 Å². The van der Waals surface area contributed by atoms with E-state index in [2.05, 4.69) is 6.92 Å². The largest absolute Gasteiger partial charge is 0.381 e. The Morgan fingerprint density at radius 2 is 1.82 bits per heavy atom. The van der Waals surface area contributed by atoms with Crippen molar-refractivity contribution in [2.45, 2.75) is 58.3 Å². The number of unbranched alkanes of at least 4 members (excludes halogenated alkanes) is 2. The van der Waals surface area contributed by atoms with Crippen LogP contribution in [-0.2, 0) is 14.6 Å². The smallest absolute Gasteiger partial charge is 0.150 e. The van der Waals surface area contributed by atoms with E-state index in [9.17, 15) is 8.42 Å². The fourth-order valence-electron chi connectivity index (χ4n) is 5.33. The van der Waals surface area contributed by atoms with Crippen molar-refractivity contribution >= 4 is 9.84 Å². The van der Waals surface area contributed by atoms with Gasteiger partial charge in [-0.1, -0.05) is 39.0 Å². The fraction of sp³-hybridized carbons (Fsp3) is 1.00. The molecule has 128 valence electrons. The Balaban J connectivity index is 1.70. The molecule has 0 radical (unpaired) electrons. The molecule has 1 aliphatic heterocycles. The van der Waals surface area contributed by atoms with Gasteiger partial charge in [0.2, 0.25) is 0 Å². The molecule has 0 aromatic rings. The number of hydrogen-bond donors (Lipinski definition) is 0.